The Morgan fingerprint density at radius 1 is 1.20 bits per heavy atom. The van der Waals surface area contributed by atoms with Crippen molar-refractivity contribution in [2.45, 2.75) is 19.8 Å². The van der Waals surface area contributed by atoms with Crippen molar-refractivity contribution in [1.82, 2.24) is 0 Å². The lowest BCUT2D eigenvalue weighted by Gasteiger charge is -2.17. The van der Waals surface area contributed by atoms with Crippen molar-refractivity contribution >= 4 is 34.8 Å². The van der Waals surface area contributed by atoms with E-state index in [1.54, 1.807) is 6.07 Å². The number of nitrogens with one attached hydrogen (secondary N) is 1. The molecule has 0 aromatic heterocycles. The number of amides is 2. The molecule has 1 heterocycles. The number of benzene rings is 2. The Morgan fingerprint density at radius 2 is 1.90 bits per heavy atom. The Morgan fingerprint density at radius 3 is 2.57 bits per heavy atom. The third-order valence-corrected chi connectivity index (χ3v) is 4.83. The van der Waals surface area contributed by atoms with Gasteiger partial charge in [0.05, 0.1) is 10.8 Å². The zero-order chi connectivity index (χ0) is 21.7. The topological polar surface area (TPSA) is 119 Å². The van der Waals surface area contributed by atoms with E-state index < -0.39 is 29.3 Å². The van der Waals surface area contributed by atoms with Crippen LogP contribution in [0.15, 0.2) is 48.5 Å². The van der Waals surface area contributed by atoms with Gasteiger partial charge in [-0.3, -0.25) is 24.5 Å². The Balaban J connectivity index is 1.54. The van der Waals surface area contributed by atoms with E-state index in [-0.39, 0.29) is 30.2 Å². The van der Waals surface area contributed by atoms with Crippen molar-refractivity contribution in [2.24, 2.45) is 5.92 Å². The second kappa shape index (κ2) is 9.17. The highest BCUT2D eigenvalue weighted by atomic mass is 16.6. The molecule has 0 spiro atoms. The second-order valence-electron chi connectivity index (χ2n) is 6.86. The largest absolute Gasteiger partial charge is 0.455 e. The molecule has 9 nitrogen and oxygen atoms in total. The summed E-state index contributed by atoms with van der Waals surface area (Å²) in [6, 6.07) is 13.2. The minimum absolute atomic E-state index is 0.000138. The lowest BCUT2D eigenvalue weighted by Crippen LogP contribution is -2.28. The number of rotatable bonds is 7. The van der Waals surface area contributed by atoms with E-state index in [2.05, 4.69) is 5.32 Å². The molecule has 9 heteroatoms. The van der Waals surface area contributed by atoms with E-state index in [9.17, 15) is 24.5 Å². The molecule has 0 unspecified atom stereocenters. The normalized spacial score (nSPS) is 15.7. The molecule has 0 saturated carbocycles. The number of hydrogen-bond acceptors (Lipinski definition) is 6. The first kappa shape index (κ1) is 21.0. The SMILES string of the molecule is CCc1ccc(N2C[C@@H](C(=O)OCC(=O)Nc3ccccc3[N+](=O)[O-])CC2=O)cc1. The third-order valence-electron chi connectivity index (χ3n) is 4.83. The molecule has 1 fully saturated rings. The van der Waals surface area contributed by atoms with Gasteiger partial charge in [0.2, 0.25) is 5.91 Å². The number of ether oxygens (including phenoxy) is 1. The van der Waals surface area contributed by atoms with E-state index in [0.717, 1.165) is 12.0 Å². The molecule has 2 aromatic rings. The first-order valence-electron chi connectivity index (χ1n) is 9.48. The molecular formula is C21H21N3O6. The predicted molar refractivity (Wildman–Crippen MR) is 109 cm³/mol. The van der Waals surface area contributed by atoms with Crippen molar-refractivity contribution in [3.63, 3.8) is 0 Å². The summed E-state index contributed by atoms with van der Waals surface area (Å²) in [5, 5.41) is 13.3. The molecule has 1 saturated heterocycles. The van der Waals surface area contributed by atoms with Gasteiger partial charge in [0.25, 0.3) is 11.6 Å². The lowest BCUT2D eigenvalue weighted by atomic mass is 10.1. The van der Waals surface area contributed by atoms with Gasteiger partial charge < -0.3 is 15.0 Å². The van der Waals surface area contributed by atoms with E-state index in [1.807, 2.05) is 31.2 Å². The molecule has 156 valence electrons. The fourth-order valence-corrected chi connectivity index (χ4v) is 3.21. The summed E-state index contributed by atoms with van der Waals surface area (Å²) >= 11 is 0. The molecule has 1 atom stereocenters. The maximum Gasteiger partial charge on any atom is 0.311 e. The van der Waals surface area contributed by atoms with Crippen LogP contribution in [0.5, 0.6) is 0 Å². The first-order chi connectivity index (χ1) is 14.4. The van der Waals surface area contributed by atoms with Crippen LogP contribution in [0.4, 0.5) is 17.1 Å². The molecule has 0 aliphatic carbocycles. The molecule has 1 aliphatic rings. The first-order valence-corrected chi connectivity index (χ1v) is 9.48. The van der Waals surface area contributed by atoms with Crippen molar-refractivity contribution in [3.05, 3.63) is 64.2 Å². The standard InChI is InChI=1S/C21H21N3O6/c1-2-14-7-9-16(10-8-14)23-12-15(11-20(23)26)21(27)30-13-19(25)22-17-5-3-4-6-18(17)24(28)29/h3-10,15H,2,11-13H2,1H3,(H,22,25)/t15-/m0/s1. The average molecular weight is 411 g/mol. The summed E-state index contributed by atoms with van der Waals surface area (Å²) in [6.45, 7) is 1.61. The van der Waals surface area contributed by atoms with Crippen LogP contribution >= 0.6 is 0 Å². The number of aryl methyl sites for hydroxylation is 1. The molecule has 1 N–H and O–H groups in total. The van der Waals surface area contributed by atoms with Gasteiger partial charge >= 0.3 is 5.97 Å². The van der Waals surface area contributed by atoms with Crippen LogP contribution < -0.4 is 10.2 Å². The van der Waals surface area contributed by atoms with Gasteiger partial charge in [0.1, 0.15) is 5.69 Å². The number of para-hydroxylation sites is 2. The number of hydrogen-bond donors (Lipinski definition) is 1. The van der Waals surface area contributed by atoms with Crippen molar-refractivity contribution in [3.8, 4) is 0 Å². The third kappa shape index (κ3) is 4.80. The minimum Gasteiger partial charge on any atom is -0.455 e. The highest BCUT2D eigenvalue weighted by molar-refractivity contribution is 6.00. The summed E-state index contributed by atoms with van der Waals surface area (Å²) in [6.07, 6.45) is 0.886. The van der Waals surface area contributed by atoms with Crippen LogP contribution in [0.25, 0.3) is 0 Å². The summed E-state index contributed by atoms with van der Waals surface area (Å²) in [5.41, 5.74) is 1.61. The van der Waals surface area contributed by atoms with Crippen LogP contribution in [0.3, 0.4) is 0 Å². The zero-order valence-corrected chi connectivity index (χ0v) is 16.4. The number of nitrogens with zero attached hydrogens (tertiary/aromatic N) is 2. The molecule has 1 aliphatic heterocycles. The van der Waals surface area contributed by atoms with Gasteiger partial charge in [0.15, 0.2) is 6.61 Å². The quantitative estimate of drug-likeness (QED) is 0.425. The van der Waals surface area contributed by atoms with Gasteiger partial charge in [-0.1, -0.05) is 31.2 Å². The van der Waals surface area contributed by atoms with Crippen LogP contribution in [0, 0.1) is 16.0 Å². The number of carbonyl (C=O) groups excluding carboxylic acids is 3. The minimum atomic E-state index is -0.700. The highest BCUT2D eigenvalue weighted by Crippen LogP contribution is 2.26. The maximum atomic E-state index is 12.3. The van der Waals surface area contributed by atoms with E-state index in [4.69, 9.17) is 4.74 Å². The van der Waals surface area contributed by atoms with Crippen molar-refractivity contribution in [2.75, 3.05) is 23.4 Å². The smallest absolute Gasteiger partial charge is 0.311 e. The Kier molecular flexibility index (Phi) is 6.41. The molecule has 3 rings (SSSR count). The molecule has 2 amide bonds. The van der Waals surface area contributed by atoms with Crippen LogP contribution in [-0.4, -0.2) is 35.9 Å². The van der Waals surface area contributed by atoms with Gasteiger partial charge in [-0.25, -0.2) is 0 Å². The lowest BCUT2D eigenvalue weighted by molar-refractivity contribution is -0.383. The summed E-state index contributed by atoms with van der Waals surface area (Å²) in [4.78, 5) is 48.5. The fraction of sp³-hybridized carbons (Fsp3) is 0.286. The molecule has 0 radical (unpaired) electrons. The Bertz CT molecular complexity index is 973. The van der Waals surface area contributed by atoms with Gasteiger partial charge in [-0.05, 0) is 30.2 Å². The molecule has 30 heavy (non-hydrogen) atoms. The van der Waals surface area contributed by atoms with E-state index in [0.29, 0.717) is 5.69 Å². The second-order valence-corrected chi connectivity index (χ2v) is 6.86. The molecule has 2 aromatic carbocycles. The molecular weight excluding hydrogens is 390 g/mol. The maximum absolute atomic E-state index is 12.3. The Labute approximate surface area is 172 Å². The monoisotopic (exact) mass is 411 g/mol. The van der Waals surface area contributed by atoms with Crippen LogP contribution in [-0.2, 0) is 25.5 Å². The molecule has 0 bridgehead atoms. The van der Waals surface area contributed by atoms with Crippen LogP contribution in [0.2, 0.25) is 0 Å². The summed E-state index contributed by atoms with van der Waals surface area (Å²) in [5.74, 6) is -2.23. The predicted octanol–water partition coefficient (Wildman–Crippen LogP) is 2.69. The van der Waals surface area contributed by atoms with Crippen molar-refractivity contribution < 1.29 is 24.0 Å². The Hall–Kier alpha value is -3.75. The van der Waals surface area contributed by atoms with E-state index in [1.165, 1.54) is 23.1 Å². The van der Waals surface area contributed by atoms with Gasteiger partial charge in [-0.2, -0.15) is 0 Å². The van der Waals surface area contributed by atoms with Gasteiger partial charge in [0, 0.05) is 24.7 Å². The number of anilines is 2. The van der Waals surface area contributed by atoms with Crippen molar-refractivity contribution in [1.29, 1.82) is 0 Å². The van der Waals surface area contributed by atoms with Gasteiger partial charge in [-0.15, -0.1) is 0 Å². The summed E-state index contributed by atoms with van der Waals surface area (Å²) in [7, 11) is 0. The summed E-state index contributed by atoms with van der Waals surface area (Å²) < 4.78 is 5.03. The number of nitro benzene ring substituents is 1. The zero-order valence-electron chi connectivity index (χ0n) is 16.4. The van der Waals surface area contributed by atoms with E-state index >= 15 is 0 Å². The number of carbonyl (C=O) groups is 3. The average Bonchev–Trinajstić information content (AvgIpc) is 3.14. The highest BCUT2D eigenvalue weighted by Gasteiger charge is 2.36. The van der Waals surface area contributed by atoms with Crippen LogP contribution in [0.1, 0.15) is 18.9 Å². The number of esters is 1. The number of nitro groups is 1. The fourth-order valence-electron chi connectivity index (χ4n) is 3.21.